The van der Waals surface area contributed by atoms with Crippen molar-refractivity contribution in [1.82, 2.24) is 9.97 Å². The number of para-hydroxylation sites is 1. The first-order valence-corrected chi connectivity index (χ1v) is 7.34. The fourth-order valence-corrected chi connectivity index (χ4v) is 2.74. The van der Waals surface area contributed by atoms with E-state index in [9.17, 15) is 4.79 Å². The maximum absolute atomic E-state index is 10.9. The van der Waals surface area contributed by atoms with Crippen LogP contribution in [0.5, 0.6) is 0 Å². The lowest BCUT2D eigenvalue weighted by molar-refractivity contribution is -0.142. The fraction of sp³-hybridized carbons (Fsp3) is 0.357. The summed E-state index contributed by atoms with van der Waals surface area (Å²) in [6.07, 6.45) is 2.72. The molecule has 1 unspecified atom stereocenters. The van der Waals surface area contributed by atoms with Gasteiger partial charge < -0.3 is 10.8 Å². The van der Waals surface area contributed by atoms with Gasteiger partial charge in [-0.05, 0) is 31.6 Å². The van der Waals surface area contributed by atoms with Gasteiger partial charge in [0.1, 0.15) is 16.9 Å². The molecule has 0 saturated carbocycles. The second-order valence-electron chi connectivity index (χ2n) is 4.87. The minimum absolute atomic E-state index is 0.443. The van der Waals surface area contributed by atoms with E-state index in [1.807, 2.05) is 24.3 Å². The molecule has 5 nitrogen and oxygen atoms in total. The van der Waals surface area contributed by atoms with Crippen molar-refractivity contribution in [3.8, 4) is 0 Å². The van der Waals surface area contributed by atoms with E-state index in [2.05, 4.69) is 9.97 Å². The number of fused-ring (bicyclic) bond motifs is 1. The summed E-state index contributed by atoms with van der Waals surface area (Å²) in [5.74, 6) is -0.184. The third kappa shape index (κ3) is 3.46. The fourth-order valence-electron chi connectivity index (χ4n) is 1.81. The Hall–Kier alpha value is -1.66. The molecular formula is C14H17N3O2S. The van der Waals surface area contributed by atoms with Crippen LogP contribution >= 0.6 is 11.8 Å². The van der Waals surface area contributed by atoms with Gasteiger partial charge in [0.15, 0.2) is 0 Å². The molecular weight excluding hydrogens is 274 g/mol. The predicted octanol–water partition coefficient (Wildman–Crippen LogP) is 2.30. The van der Waals surface area contributed by atoms with E-state index in [0.717, 1.165) is 28.1 Å². The van der Waals surface area contributed by atoms with E-state index >= 15 is 0 Å². The van der Waals surface area contributed by atoms with Crippen molar-refractivity contribution >= 4 is 28.6 Å². The lowest BCUT2D eigenvalue weighted by Crippen LogP contribution is -2.44. The van der Waals surface area contributed by atoms with Gasteiger partial charge in [-0.1, -0.05) is 18.2 Å². The molecule has 0 fully saturated rings. The molecule has 0 aliphatic heterocycles. The summed E-state index contributed by atoms with van der Waals surface area (Å²) in [6, 6.07) is 7.83. The molecule has 3 N–H and O–H groups in total. The summed E-state index contributed by atoms with van der Waals surface area (Å²) in [5, 5.41) is 10.9. The van der Waals surface area contributed by atoms with Crippen LogP contribution in [0.2, 0.25) is 0 Å². The highest BCUT2D eigenvalue weighted by atomic mass is 32.2. The first-order valence-electron chi connectivity index (χ1n) is 6.35. The molecule has 1 heterocycles. The lowest BCUT2D eigenvalue weighted by Gasteiger charge is -2.18. The smallest absolute Gasteiger partial charge is 0.323 e. The van der Waals surface area contributed by atoms with Gasteiger partial charge in [-0.2, -0.15) is 0 Å². The highest BCUT2D eigenvalue weighted by molar-refractivity contribution is 7.99. The van der Waals surface area contributed by atoms with Crippen LogP contribution in [0.4, 0.5) is 0 Å². The summed E-state index contributed by atoms with van der Waals surface area (Å²) in [4.78, 5) is 19.4. The van der Waals surface area contributed by atoms with Gasteiger partial charge in [0, 0.05) is 5.39 Å². The summed E-state index contributed by atoms with van der Waals surface area (Å²) < 4.78 is 0. The minimum atomic E-state index is -1.16. The quantitative estimate of drug-likeness (QED) is 0.482. The predicted molar refractivity (Wildman–Crippen MR) is 79.7 cm³/mol. The van der Waals surface area contributed by atoms with Gasteiger partial charge in [0.05, 0.1) is 5.52 Å². The molecule has 0 radical (unpaired) electrons. The molecule has 0 saturated heterocycles. The molecule has 2 rings (SSSR count). The van der Waals surface area contributed by atoms with Crippen molar-refractivity contribution in [2.24, 2.45) is 5.73 Å². The summed E-state index contributed by atoms with van der Waals surface area (Å²) in [7, 11) is 0. The van der Waals surface area contributed by atoms with Gasteiger partial charge in [0.25, 0.3) is 0 Å². The summed E-state index contributed by atoms with van der Waals surface area (Å²) in [6.45, 7) is 1.54. The highest BCUT2D eigenvalue weighted by Crippen LogP contribution is 2.25. The van der Waals surface area contributed by atoms with Gasteiger partial charge in [-0.25, -0.2) is 9.97 Å². The van der Waals surface area contributed by atoms with Crippen LogP contribution in [0.25, 0.3) is 10.9 Å². The van der Waals surface area contributed by atoms with Crippen molar-refractivity contribution < 1.29 is 9.90 Å². The van der Waals surface area contributed by atoms with Crippen molar-refractivity contribution in [3.63, 3.8) is 0 Å². The lowest BCUT2D eigenvalue weighted by atomic mass is 9.98. The summed E-state index contributed by atoms with van der Waals surface area (Å²) >= 11 is 1.60. The van der Waals surface area contributed by atoms with Crippen LogP contribution < -0.4 is 5.73 Å². The molecule has 1 atom stereocenters. The van der Waals surface area contributed by atoms with E-state index < -0.39 is 11.5 Å². The molecule has 0 amide bonds. The molecule has 0 spiro atoms. The first kappa shape index (κ1) is 14.7. The molecule has 2 aromatic rings. The zero-order chi connectivity index (χ0) is 14.6. The molecule has 0 bridgehead atoms. The van der Waals surface area contributed by atoms with Crippen LogP contribution in [-0.4, -0.2) is 32.3 Å². The van der Waals surface area contributed by atoms with Crippen LogP contribution in [-0.2, 0) is 4.79 Å². The zero-order valence-corrected chi connectivity index (χ0v) is 12.1. The SMILES string of the molecule is CC(N)(CCCSc1ncnc2ccccc12)C(=O)O. The van der Waals surface area contributed by atoms with Crippen LogP contribution in [0, 0.1) is 0 Å². The van der Waals surface area contributed by atoms with Gasteiger partial charge in [-0.15, -0.1) is 11.8 Å². The molecule has 0 aliphatic rings. The number of thioether (sulfide) groups is 1. The number of hydrogen-bond acceptors (Lipinski definition) is 5. The van der Waals surface area contributed by atoms with Crippen LogP contribution in [0.1, 0.15) is 19.8 Å². The molecule has 1 aromatic carbocycles. The maximum Gasteiger partial charge on any atom is 0.323 e. The number of nitrogens with zero attached hydrogens (tertiary/aromatic N) is 2. The number of aliphatic carboxylic acids is 1. The van der Waals surface area contributed by atoms with Crippen molar-refractivity contribution in [3.05, 3.63) is 30.6 Å². The zero-order valence-electron chi connectivity index (χ0n) is 11.2. The molecule has 106 valence electrons. The Kier molecular flexibility index (Phi) is 4.57. The average Bonchev–Trinajstić information content (AvgIpc) is 2.43. The molecule has 6 heteroatoms. The largest absolute Gasteiger partial charge is 0.480 e. The standard InChI is InChI=1S/C14H17N3O2S/c1-14(15,13(18)19)7-4-8-20-12-10-5-2-3-6-11(10)16-9-17-12/h2-3,5-6,9H,4,7-8,15H2,1H3,(H,18,19). The molecule has 20 heavy (non-hydrogen) atoms. The number of nitrogens with two attached hydrogens (primary N) is 1. The number of hydrogen-bond donors (Lipinski definition) is 2. The monoisotopic (exact) mass is 291 g/mol. The number of carboxylic acids is 1. The normalized spacial score (nSPS) is 14.1. The van der Waals surface area contributed by atoms with Gasteiger partial charge in [0.2, 0.25) is 0 Å². The van der Waals surface area contributed by atoms with E-state index in [1.54, 1.807) is 25.0 Å². The van der Waals surface area contributed by atoms with E-state index in [-0.39, 0.29) is 0 Å². The van der Waals surface area contributed by atoms with Crippen molar-refractivity contribution in [2.45, 2.75) is 30.3 Å². The van der Waals surface area contributed by atoms with Gasteiger partial charge >= 0.3 is 5.97 Å². The Bertz CT molecular complexity index is 611. The van der Waals surface area contributed by atoms with Gasteiger partial charge in [-0.3, -0.25) is 4.79 Å². The third-order valence-electron chi connectivity index (χ3n) is 3.07. The number of rotatable bonds is 6. The molecule has 1 aromatic heterocycles. The van der Waals surface area contributed by atoms with Crippen LogP contribution in [0.3, 0.4) is 0 Å². The highest BCUT2D eigenvalue weighted by Gasteiger charge is 2.26. The second kappa shape index (κ2) is 6.19. The maximum atomic E-state index is 10.9. The van der Waals surface area contributed by atoms with E-state index in [4.69, 9.17) is 10.8 Å². The van der Waals surface area contributed by atoms with Crippen molar-refractivity contribution in [2.75, 3.05) is 5.75 Å². The topological polar surface area (TPSA) is 89.1 Å². The summed E-state index contributed by atoms with van der Waals surface area (Å²) in [5.41, 5.74) is 5.45. The number of carbonyl (C=O) groups is 1. The van der Waals surface area contributed by atoms with Crippen LogP contribution in [0.15, 0.2) is 35.6 Å². The number of carboxylic acid groups (broad SMARTS) is 1. The Labute approximate surface area is 121 Å². The number of benzene rings is 1. The third-order valence-corrected chi connectivity index (χ3v) is 4.17. The minimum Gasteiger partial charge on any atom is -0.480 e. The Morgan fingerprint density at radius 1 is 1.40 bits per heavy atom. The second-order valence-corrected chi connectivity index (χ2v) is 5.95. The Balaban J connectivity index is 1.95. The van der Waals surface area contributed by atoms with E-state index in [0.29, 0.717) is 6.42 Å². The Morgan fingerprint density at radius 2 is 2.15 bits per heavy atom. The average molecular weight is 291 g/mol. The van der Waals surface area contributed by atoms with E-state index in [1.165, 1.54) is 0 Å². The molecule has 0 aliphatic carbocycles. The number of aromatic nitrogens is 2. The van der Waals surface area contributed by atoms with Crippen molar-refractivity contribution in [1.29, 1.82) is 0 Å². The first-order chi connectivity index (χ1) is 9.50. The Morgan fingerprint density at radius 3 is 2.90 bits per heavy atom.